The molecule has 0 aliphatic heterocycles. The van der Waals surface area contributed by atoms with Gasteiger partial charge < -0.3 is 4.98 Å². The number of aromatic amines is 1. The van der Waals surface area contributed by atoms with Crippen LogP contribution in [0, 0.1) is 13.8 Å². The summed E-state index contributed by atoms with van der Waals surface area (Å²) in [5, 5.41) is 0. The molecule has 0 saturated heterocycles. The summed E-state index contributed by atoms with van der Waals surface area (Å²) in [6.45, 7) is 3.97. The Bertz CT molecular complexity index is 664. The van der Waals surface area contributed by atoms with E-state index in [0.717, 1.165) is 28.7 Å². The van der Waals surface area contributed by atoms with Crippen LogP contribution in [0.1, 0.15) is 11.4 Å². The number of aryl methyl sites for hydroxylation is 2. The summed E-state index contributed by atoms with van der Waals surface area (Å²) in [6.07, 6.45) is 3.83. The van der Waals surface area contributed by atoms with Crippen molar-refractivity contribution in [3.8, 4) is 17.3 Å². The fourth-order valence-electron chi connectivity index (χ4n) is 1.98. The Balaban J connectivity index is 2.16. The molecule has 18 heavy (non-hydrogen) atoms. The number of nitrogens with one attached hydrogen (secondary N) is 1. The van der Waals surface area contributed by atoms with Gasteiger partial charge in [0.1, 0.15) is 0 Å². The fraction of sp³-hybridized carbons (Fsp3) is 0.143. The van der Waals surface area contributed by atoms with E-state index >= 15 is 0 Å². The summed E-state index contributed by atoms with van der Waals surface area (Å²) in [5.74, 6) is 1.64. The summed E-state index contributed by atoms with van der Waals surface area (Å²) in [5.41, 5.74) is 3.09. The highest BCUT2D eigenvalue weighted by atomic mass is 15.1. The zero-order chi connectivity index (χ0) is 12.5. The number of nitrogens with zero attached hydrogens (tertiary/aromatic N) is 3. The van der Waals surface area contributed by atoms with Gasteiger partial charge in [-0.15, -0.1) is 0 Å². The summed E-state index contributed by atoms with van der Waals surface area (Å²) in [6, 6.07) is 10.1. The van der Waals surface area contributed by atoms with Crippen LogP contribution in [0.5, 0.6) is 0 Å². The summed E-state index contributed by atoms with van der Waals surface area (Å²) < 4.78 is 2.05. The van der Waals surface area contributed by atoms with Crippen molar-refractivity contribution in [1.29, 1.82) is 0 Å². The third-order valence-electron chi connectivity index (χ3n) is 2.78. The lowest BCUT2D eigenvalue weighted by molar-refractivity contribution is 1.04. The number of hydrogen-bond donors (Lipinski definition) is 1. The largest absolute Gasteiger partial charge is 0.340 e. The first kappa shape index (κ1) is 10.8. The minimum atomic E-state index is 0.796. The molecule has 4 heteroatoms. The van der Waals surface area contributed by atoms with Crippen molar-refractivity contribution in [1.82, 2.24) is 19.5 Å². The predicted molar refractivity (Wildman–Crippen MR) is 70.6 cm³/mol. The molecule has 0 aliphatic rings. The first-order valence-electron chi connectivity index (χ1n) is 5.87. The van der Waals surface area contributed by atoms with Crippen molar-refractivity contribution < 1.29 is 0 Å². The minimum absolute atomic E-state index is 0.796. The maximum Gasteiger partial charge on any atom is 0.181 e. The second-order valence-corrected chi connectivity index (χ2v) is 4.33. The molecule has 1 N–H and O–H groups in total. The normalized spacial score (nSPS) is 10.8. The highest BCUT2D eigenvalue weighted by Gasteiger charge is 2.12. The highest BCUT2D eigenvalue weighted by molar-refractivity contribution is 5.51. The smallest absolute Gasteiger partial charge is 0.181 e. The van der Waals surface area contributed by atoms with E-state index in [-0.39, 0.29) is 0 Å². The van der Waals surface area contributed by atoms with Crippen LogP contribution in [0.4, 0.5) is 0 Å². The van der Waals surface area contributed by atoms with E-state index in [1.807, 2.05) is 49.0 Å². The Morgan fingerprint density at radius 1 is 1.11 bits per heavy atom. The number of para-hydroxylation sites is 1. The molecular weight excluding hydrogens is 224 g/mol. The van der Waals surface area contributed by atoms with Crippen LogP contribution >= 0.6 is 0 Å². The van der Waals surface area contributed by atoms with Gasteiger partial charge in [-0.25, -0.2) is 9.97 Å². The van der Waals surface area contributed by atoms with Crippen molar-refractivity contribution in [3.63, 3.8) is 0 Å². The third kappa shape index (κ3) is 1.82. The van der Waals surface area contributed by atoms with Crippen LogP contribution in [-0.4, -0.2) is 19.5 Å². The Morgan fingerprint density at radius 3 is 2.56 bits per heavy atom. The van der Waals surface area contributed by atoms with Crippen LogP contribution in [0.15, 0.2) is 42.7 Å². The van der Waals surface area contributed by atoms with E-state index < -0.39 is 0 Å². The minimum Gasteiger partial charge on any atom is -0.340 e. The lowest BCUT2D eigenvalue weighted by atomic mass is 10.3. The Hall–Kier alpha value is -2.36. The van der Waals surface area contributed by atoms with E-state index in [1.165, 1.54) is 0 Å². The molecule has 0 amide bonds. The van der Waals surface area contributed by atoms with Crippen LogP contribution in [0.25, 0.3) is 17.3 Å². The molecule has 0 spiro atoms. The molecule has 2 heterocycles. The molecule has 3 rings (SSSR count). The van der Waals surface area contributed by atoms with E-state index in [1.54, 1.807) is 0 Å². The van der Waals surface area contributed by atoms with Gasteiger partial charge in [0.15, 0.2) is 11.6 Å². The Kier molecular flexibility index (Phi) is 2.48. The van der Waals surface area contributed by atoms with Crippen LogP contribution in [-0.2, 0) is 0 Å². The van der Waals surface area contributed by atoms with Crippen molar-refractivity contribution in [3.05, 3.63) is 54.1 Å². The van der Waals surface area contributed by atoms with Crippen molar-refractivity contribution >= 4 is 0 Å². The predicted octanol–water partition coefficient (Wildman–Crippen LogP) is 2.88. The van der Waals surface area contributed by atoms with Crippen molar-refractivity contribution in [2.24, 2.45) is 0 Å². The van der Waals surface area contributed by atoms with E-state index in [4.69, 9.17) is 0 Å². The van der Waals surface area contributed by atoms with Gasteiger partial charge in [0, 0.05) is 23.8 Å². The number of hydrogen-bond acceptors (Lipinski definition) is 2. The molecule has 0 atom stereocenters. The molecule has 2 aromatic heterocycles. The number of aromatic nitrogens is 4. The van der Waals surface area contributed by atoms with Crippen LogP contribution in [0.2, 0.25) is 0 Å². The summed E-state index contributed by atoms with van der Waals surface area (Å²) in [4.78, 5) is 12.1. The van der Waals surface area contributed by atoms with Gasteiger partial charge in [-0.3, -0.25) is 4.57 Å². The fourth-order valence-corrected chi connectivity index (χ4v) is 1.98. The first-order valence-corrected chi connectivity index (χ1v) is 5.87. The van der Waals surface area contributed by atoms with Gasteiger partial charge in [0.05, 0.1) is 5.69 Å². The summed E-state index contributed by atoms with van der Waals surface area (Å²) >= 11 is 0. The lowest BCUT2D eigenvalue weighted by Gasteiger charge is -2.05. The number of rotatable bonds is 2. The molecule has 0 bridgehead atoms. The third-order valence-corrected chi connectivity index (χ3v) is 2.78. The maximum absolute atomic E-state index is 4.54. The van der Waals surface area contributed by atoms with Gasteiger partial charge in [-0.05, 0) is 26.0 Å². The van der Waals surface area contributed by atoms with Crippen molar-refractivity contribution in [2.45, 2.75) is 13.8 Å². The number of benzene rings is 1. The molecule has 0 unspecified atom stereocenters. The summed E-state index contributed by atoms with van der Waals surface area (Å²) in [7, 11) is 0. The van der Waals surface area contributed by atoms with Gasteiger partial charge >= 0.3 is 0 Å². The van der Waals surface area contributed by atoms with Gasteiger partial charge in [-0.1, -0.05) is 18.2 Å². The van der Waals surface area contributed by atoms with Crippen LogP contribution in [0.3, 0.4) is 0 Å². The molecule has 1 aromatic carbocycles. The van der Waals surface area contributed by atoms with Crippen molar-refractivity contribution in [2.75, 3.05) is 0 Å². The van der Waals surface area contributed by atoms with E-state index in [9.17, 15) is 0 Å². The Labute approximate surface area is 105 Å². The second-order valence-electron chi connectivity index (χ2n) is 4.33. The molecule has 90 valence electrons. The zero-order valence-electron chi connectivity index (χ0n) is 10.4. The number of H-pyrrole nitrogens is 1. The second kappa shape index (κ2) is 4.14. The van der Waals surface area contributed by atoms with E-state index in [0.29, 0.717) is 0 Å². The molecule has 3 aromatic rings. The molecule has 0 radical (unpaired) electrons. The first-order chi connectivity index (χ1) is 8.74. The van der Waals surface area contributed by atoms with Gasteiger partial charge in [0.2, 0.25) is 0 Å². The monoisotopic (exact) mass is 238 g/mol. The lowest BCUT2D eigenvalue weighted by Crippen LogP contribution is -1.97. The SMILES string of the molecule is Cc1cn(-c2ccccc2)c(-c2ncc(C)[nH]2)n1. The maximum atomic E-state index is 4.54. The zero-order valence-corrected chi connectivity index (χ0v) is 10.4. The van der Waals surface area contributed by atoms with E-state index in [2.05, 4.69) is 27.1 Å². The Morgan fingerprint density at radius 2 is 1.89 bits per heavy atom. The topological polar surface area (TPSA) is 46.5 Å². The molecular formula is C14H14N4. The average Bonchev–Trinajstić information content (AvgIpc) is 2.96. The van der Waals surface area contributed by atoms with Gasteiger partial charge in [0.25, 0.3) is 0 Å². The number of imidazole rings is 2. The molecule has 4 nitrogen and oxygen atoms in total. The van der Waals surface area contributed by atoms with Gasteiger partial charge in [-0.2, -0.15) is 0 Å². The molecule has 0 saturated carbocycles. The standard InChI is InChI=1S/C14H14N4/c1-10-8-15-13(16-10)14-17-11(2)9-18(14)12-6-4-3-5-7-12/h3-9H,1-2H3,(H,15,16). The quantitative estimate of drug-likeness (QED) is 0.746. The highest BCUT2D eigenvalue weighted by Crippen LogP contribution is 2.20. The average molecular weight is 238 g/mol. The molecule has 0 fully saturated rings. The van der Waals surface area contributed by atoms with Crippen LogP contribution < -0.4 is 0 Å². The molecule has 0 aliphatic carbocycles.